The van der Waals surface area contributed by atoms with Crippen LogP contribution in [-0.2, 0) is 13.0 Å². The summed E-state index contributed by atoms with van der Waals surface area (Å²) in [5.74, 6) is 0. The van der Waals surface area contributed by atoms with Crippen molar-refractivity contribution in [1.82, 2.24) is 14.7 Å². The van der Waals surface area contributed by atoms with E-state index in [9.17, 15) is 9.59 Å². The van der Waals surface area contributed by atoms with Crippen LogP contribution in [0.1, 0.15) is 23.2 Å². The van der Waals surface area contributed by atoms with Gasteiger partial charge >= 0.3 is 0 Å². The third kappa shape index (κ3) is 5.54. The molecule has 0 unspecified atom stereocenters. The molecule has 2 aromatic carbocycles. The molecule has 0 saturated carbocycles. The summed E-state index contributed by atoms with van der Waals surface area (Å²) in [6.07, 6.45) is 2.98. The zero-order valence-corrected chi connectivity index (χ0v) is 19.4. The van der Waals surface area contributed by atoms with Crippen molar-refractivity contribution in [3.63, 3.8) is 0 Å². The van der Waals surface area contributed by atoms with Crippen LogP contribution < -0.4 is 22.0 Å². The number of hydrogen-bond acceptors (Lipinski definition) is 4. The van der Waals surface area contributed by atoms with Gasteiger partial charge in [-0.1, -0.05) is 53.5 Å². The standard InChI is InChI=1S/C25H24Cl2N4O2/c26-21-7-4-17(11-22(21)27)10-19-12-25(33)31-15-20(23(32)13-24(31)30-19)18-5-2-16(3-6-18)14-29-9-1-8-28/h2-7,11-13,15,29-30H,1,8-10,14,28H2. The highest BCUT2D eigenvalue weighted by atomic mass is 35.5. The van der Waals surface area contributed by atoms with E-state index in [1.165, 1.54) is 16.5 Å². The van der Waals surface area contributed by atoms with Gasteiger partial charge in [0.25, 0.3) is 5.56 Å². The van der Waals surface area contributed by atoms with Crippen LogP contribution in [0.4, 0.5) is 0 Å². The average molecular weight is 483 g/mol. The van der Waals surface area contributed by atoms with Gasteiger partial charge < -0.3 is 16.0 Å². The van der Waals surface area contributed by atoms with Gasteiger partial charge in [0.15, 0.2) is 5.43 Å². The maximum absolute atomic E-state index is 12.8. The molecule has 0 aliphatic heterocycles. The Morgan fingerprint density at radius 2 is 1.70 bits per heavy atom. The largest absolute Gasteiger partial charge is 0.344 e. The molecule has 2 aromatic heterocycles. The smallest absolute Gasteiger partial charge is 0.257 e. The molecule has 0 amide bonds. The molecular formula is C25H24Cl2N4O2. The van der Waals surface area contributed by atoms with Crippen molar-refractivity contribution >= 4 is 28.8 Å². The molecule has 0 bridgehead atoms. The van der Waals surface area contributed by atoms with Crippen molar-refractivity contribution in [1.29, 1.82) is 0 Å². The lowest BCUT2D eigenvalue weighted by Crippen LogP contribution is -2.19. The quantitative estimate of drug-likeness (QED) is 0.331. The highest BCUT2D eigenvalue weighted by Crippen LogP contribution is 2.23. The number of hydrogen-bond donors (Lipinski definition) is 3. The summed E-state index contributed by atoms with van der Waals surface area (Å²) < 4.78 is 1.46. The fourth-order valence-corrected chi connectivity index (χ4v) is 4.00. The molecule has 6 nitrogen and oxygen atoms in total. The molecule has 0 aliphatic carbocycles. The van der Waals surface area contributed by atoms with E-state index in [1.54, 1.807) is 18.3 Å². The van der Waals surface area contributed by atoms with E-state index in [0.29, 0.717) is 39.9 Å². The number of pyridine rings is 1. The highest BCUT2D eigenvalue weighted by molar-refractivity contribution is 6.42. The molecule has 0 aliphatic rings. The minimum Gasteiger partial charge on any atom is -0.344 e. The number of H-pyrrole nitrogens is 1. The van der Waals surface area contributed by atoms with Gasteiger partial charge in [0.05, 0.1) is 10.0 Å². The average Bonchev–Trinajstić information content (AvgIpc) is 2.79. The summed E-state index contributed by atoms with van der Waals surface area (Å²) in [5, 5.41) is 4.26. The Kier molecular flexibility index (Phi) is 7.30. The number of aromatic amines is 1. The lowest BCUT2D eigenvalue weighted by molar-refractivity contribution is 0.655. The summed E-state index contributed by atoms with van der Waals surface area (Å²) >= 11 is 12.1. The first kappa shape index (κ1) is 23.3. The zero-order chi connectivity index (χ0) is 23.4. The topological polar surface area (TPSA) is 92.4 Å². The Hall–Kier alpha value is -2.90. The minimum absolute atomic E-state index is 0.161. The predicted molar refractivity (Wildman–Crippen MR) is 134 cm³/mol. The number of rotatable bonds is 8. The van der Waals surface area contributed by atoms with Gasteiger partial charge in [-0.2, -0.15) is 0 Å². The van der Waals surface area contributed by atoms with Crippen LogP contribution in [0.25, 0.3) is 16.8 Å². The molecule has 170 valence electrons. The number of benzene rings is 2. The predicted octanol–water partition coefficient (Wildman–Crippen LogP) is 3.99. The van der Waals surface area contributed by atoms with Crippen LogP contribution >= 0.6 is 23.2 Å². The van der Waals surface area contributed by atoms with Gasteiger partial charge in [0, 0.05) is 42.6 Å². The maximum Gasteiger partial charge on any atom is 0.257 e. The van der Waals surface area contributed by atoms with Crippen LogP contribution in [0.2, 0.25) is 10.0 Å². The molecule has 8 heteroatoms. The van der Waals surface area contributed by atoms with Crippen LogP contribution in [-0.4, -0.2) is 22.5 Å². The monoisotopic (exact) mass is 482 g/mol. The first-order valence-corrected chi connectivity index (χ1v) is 11.4. The van der Waals surface area contributed by atoms with Gasteiger partial charge in [-0.25, -0.2) is 0 Å². The van der Waals surface area contributed by atoms with Crippen molar-refractivity contribution in [2.75, 3.05) is 13.1 Å². The van der Waals surface area contributed by atoms with Crippen LogP contribution in [0.15, 0.2) is 70.4 Å². The van der Waals surface area contributed by atoms with Crippen LogP contribution in [0.5, 0.6) is 0 Å². The van der Waals surface area contributed by atoms with E-state index in [4.69, 9.17) is 28.9 Å². The summed E-state index contributed by atoms with van der Waals surface area (Å²) in [6, 6.07) is 16.1. The third-order valence-corrected chi connectivity index (χ3v) is 6.14. The summed E-state index contributed by atoms with van der Waals surface area (Å²) in [6.45, 7) is 2.26. The minimum atomic E-state index is -0.221. The second kappa shape index (κ2) is 10.4. The number of nitrogens with one attached hydrogen (secondary N) is 2. The molecule has 0 spiro atoms. The normalized spacial score (nSPS) is 11.2. The lowest BCUT2D eigenvalue weighted by atomic mass is 10.0. The Balaban J connectivity index is 1.60. The Labute approximate surface area is 201 Å². The van der Waals surface area contributed by atoms with Crippen LogP contribution in [0, 0.1) is 0 Å². The number of nitrogens with two attached hydrogens (primary N) is 1. The lowest BCUT2D eigenvalue weighted by Gasteiger charge is -2.09. The first-order valence-electron chi connectivity index (χ1n) is 10.7. The Morgan fingerprint density at radius 1 is 0.939 bits per heavy atom. The number of fused-ring (bicyclic) bond motifs is 1. The summed E-state index contributed by atoms with van der Waals surface area (Å²) in [7, 11) is 0. The van der Waals surface area contributed by atoms with E-state index in [0.717, 1.165) is 36.2 Å². The molecular weight excluding hydrogens is 459 g/mol. The van der Waals surface area contributed by atoms with E-state index < -0.39 is 0 Å². The molecule has 4 N–H and O–H groups in total. The van der Waals surface area contributed by atoms with Gasteiger partial charge in [0.2, 0.25) is 0 Å². The number of halogens is 2. The van der Waals surface area contributed by atoms with Gasteiger partial charge in [-0.05, 0) is 48.3 Å². The SMILES string of the molecule is NCCCNCc1ccc(-c2cn3c(=O)cc(Cc4ccc(Cl)c(Cl)c4)[nH]c3cc2=O)cc1. The second-order valence-electron chi connectivity index (χ2n) is 7.88. The fourth-order valence-electron chi connectivity index (χ4n) is 3.68. The van der Waals surface area contributed by atoms with E-state index in [1.807, 2.05) is 30.3 Å². The van der Waals surface area contributed by atoms with Crippen molar-refractivity contribution in [2.24, 2.45) is 5.73 Å². The zero-order valence-electron chi connectivity index (χ0n) is 17.9. The molecule has 0 saturated heterocycles. The molecule has 0 radical (unpaired) electrons. The molecule has 0 fully saturated rings. The maximum atomic E-state index is 12.8. The molecule has 4 rings (SSSR count). The Morgan fingerprint density at radius 3 is 2.42 bits per heavy atom. The summed E-state index contributed by atoms with van der Waals surface area (Å²) in [4.78, 5) is 28.8. The molecule has 33 heavy (non-hydrogen) atoms. The van der Waals surface area contributed by atoms with Crippen molar-refractivity contribution in [3.8, 4) is 11.1 Å². The van der Waals surface area contributed by atoms with Gasteiger partial charge in [0.1, 0.15) is 5.65 Å². The second-order valence-corrected chi connectivity index (χ2v) is 8.69. The fraction of sp³-hybridized carbons (Fsp3) is 0.200. The third-order valence-electron chi connectivity index (χ3n) is 5.41. The van der Waals surface area contributed by atoms with Gasteiger partial charge in [-0.3, -0.25) is 14.0 Å². The number of nitrogens with zero attached hydrogens (tertiary/aromatic N) is 1. The number of aromatic nitrogens is 2. The highest BCUT2D eigenvalue weighted by Gasteiger charge is 2.09. The molecule has 4 aromatic rings. The van der Waals surface area contributed by atoms with Crippen LogP contribution in [0.3, 0.4) is 0 Å². The van der Waals surface area contributed by atoms with E-state index in [2.05, 4.69) is 10.3 Å². The summed E-state index contributed by atoms with van der Waals surface area (Å²) in [5.41, 5.74) is 9.49. The van der Waals surface area contributed by atoms with E-state index in [-0.39, 0.29) is 11.0 Å². The van der Waals surface area contributed by atoms with E-state index >= 15 is 0 Å². The van der Waals surface area contributed by atoms with Crippen molar-refractivity contribution < 1.29 is 0 Å². The van der Waals surface area contributed by atoms with Crippen molar-refractivity contribution in [2.45, 2.75) is 19.4 Å². The van der Waals surface area contributed by atoms with Crippen molar-refractivity contribution in [3.05, 3.63) is 108 Å². The Bertz CT molecular complexity index is 1390. The molecule has 0 atom stereocenters. The molecule has 2 heterocycles. The first-order chi connectivity index (χ1) is 15.9. The van der Waals surface area contributed by atoms with Gasteiger partial charge in [-0.15, -0.1) is 0 Å².